The van der Waals surface area contributed by atoms with E-state index >= 15 is 0 Å². The Kier molecular flexibility index (Phi) is 5.94. The molecule has 0 aliphatic heterocycles. The second-order valence-corrected chi connectivity index (χ2v) is 6.41. The largest absolute Gasteiger partial charge is 0.497 e. The van der Waals surface area contributed by atoms with Crippen LogP contribution in [-0.4, -0.2) is 26.7 Å². The van der Waals surface area contributed by atoms with E-state index in [1.54, 1.807) is 32.4 Å². The van der Waals surface area contributed by atoms with Crippen molar-refractivity contribution in [2.75, 3.05) is 26.1 Å². The minimum absolute atomic E-state index is 0.0892. The maximum Gasteiger partial charge on any atom is 0.279 e. The van der Waals surface area contributed by atoms with Crippen molar-refractivity contribution in [3.8, 4) is 11.5 Å². The average molecular weight is 365 g/mol. The number of rotatable bonds is 7. The van der Waals surface area contributed by atoms with Crippen molar-refractivity contribution in [2.45, 2.75) is 13.0 Å². The Balaban J connectivity index is 1.67. The zero-order valence-corrected chi connectivity index (χ0v) is 15.9. The summed E-state index contributed by atoms with van der Waals surface area (Å²) in [6.07, 6.45) is 0. The van der Waals surface area contributed by atoms with Crippen LogP contribution in [-0.2, 0) is 4.79 Å². The molecule has 1 atom stereocenters. The third-order valence-electron chi connectivity index (χ3n) is 4.65. The summed E-state index contributed by atoms with van der Waals surface area (Å²) in [5.74, 6) is 1.18. The quantitative estimate of drug-likeness (QED) is 0.676. The lowest BCUT2D eigenvalue weighted by molar-refractivity contribution is -0.682. The Labute approximate surface area is 159 Å². The second-order valence-electron chi connectivity index (χ2n) is 6.41. The zero-order valence-electron chi connectivity index (χ0n) is 15.9. The highest BCUT2D eigenvalue weighted by Gasteiger charge is 2.15. The lowest BCUT2D eigenvalue weighted by Gasteiger charge is -2.15. The van der Waals surface area contributed by atoms with Gasteiger partial charge in [-0.2, -0.15) is 0 Å². The number of ether oxygens (including phenoxy) is 2. The monoisotopic (exact) mass is 365 g/mol. The van der Waals surface area contributed by atoms with Crippen LogP contribution in [0.15, 0.2) is 60.7 Å². The van der Waals surface area contributed by atoms with Crippen LogP contribution in [0, 0.1) is 0 Å². The molecule has 27 heavy (non-hydrogen) atoms. The molecule has 1 amide bonds. The lowest BCUT2D eigenvalue weighted by Crippen LogP contribution is -2.86. The topological polar surface area (TPSA) is 64.2 Å². The summed E-state index contributed by atoms with van der Waals surface area (Å²) in [7, 11) is 3.17. The molecule has 3 aromatic rings. The number of nitrogens with one attached hydrogen (secondary N) is 1. The molecule has 0 fully saturated rings. The third kappa shape index (κ3) is 4.38. The number of nitrogens with two attached hydrogens (primary N) is 1. The number of hydrogen-bond acceptors (Lipinski definition) is 3. The highest BCUT2D eigenvalue weighted by Crippen LogP contribution is 2.28. The minimum atomic E-state index is -0.0892. The summed E-state index contributed by atoms with van der Waals surface area (Å²) in [5, 5.41) is 7.37. The molecule has 0 bridgehead atoms. The molecule has 3 N–H and O–H groups in total. The molecule has 3 aromatic carbocycles. The first kappa shape index (κ1) is 18.7. The van der Waals surface area contributed by atoms with Crippen LogP contribution in [0.25, 0.3) is 10.8 Å². The molecule has 5 nitrogen and oxygen atoms in total. The lowest BCUT2D eigenvalue weighted by atomic mass is 10.00. The zero-order chi connectivity index (χ0) is 19.2. The Morgan fingerprint density at radius 2 is 1.81 bits per heavy atom. The van der Waals surface area contributed by atoms with Gasteiger partial charge in [-0.25, -0.2) is 0 Å². The smallest absolute Gasteiger partial charge is 0.279 e. The second kappa shape index (κ2) is 8.56. The van der Waals surface area contributed by atoms with Crippen molar-refractivity contribution in [2.24, 2.45) is 0 Å². The fraction of sp³-hybridized carbons (Fsp3) is 0.227. The molecule has 0 heterocycles. The van der Waals surface area contributed by atoms with Gasteiger partial charge in [-0.15, -0.1) is 0 Å². The van der Waals surface area contributed by atoms with Crippen LogP contribution in [0.1, 0.15) is 18.5 Å². The summed E-state index contributed by atoms with van der Waals surface area (Å²) in [4.78, 5) is 12.4. The first-order chi connectivity index (χ1) is 13.1. The molecule has 0 saturated heterocycles. The number of hydrogen-bond donors (Lipinski definition) is 2. The van der Waals surface area contributed by atoms with Crippen LogP contribution < -0.4 is 20.1 Å². The van der Waals surface area contributed by atoms with Crippen molar-refractivity contribution in [1.29, 1.82) is 0 Å². The number of fused-ring (bicyclic) bond motifs is 1. The van der Waals surface area contributed by atoms with Crippen LogP contribution in [0.5, 0.6) is 11.5 Å². The Morgan fingerprint density at radius 3 is 2.59 bits per heavy atom. The number of anilines is 1. The van der Waals surface area contributed by atoms with E-state index in [4.69, 9.17) is 9.47 Å². The molecule has 0 spiro atoms. The fourth-order valence-electron chi connectivity index (χ4n) is 3.17. The maximum atomic E-state index is 12.4. The number of quaternary nitrogens is 1. The van der Waals surface area contributed by atoms with Gasteiger partial charge < -0.3 is 20.1 Å². The molecule has 0 saturated carbocycles. The molecule has 0 unspecified atom stereocenters. The highest BCUT2D eigenvalue weighted by atomic mass is 16.5. The predicted molar refractivity (Wildman–Crippen MR) is 107 cm³/mol. The third-order valence-corrected chi connectivity index (χ3v) is 4.65. The number of carbonyl (C=O) groups is 1. The number of amides is 1. The SMILES string of the molecule is COc1ccc(OC)c(NC(=O)C[NH2+][C@@H](C)c2cccc3ccccc23)c1. The van der Waals surface area contributed by atoms with Gasteiger partial charge in [0.25, 0.3) is 5.91 Å². The van der Waals surface area contributed by atoms with E-state index < -0.39 is 0 Å². The van der Waals surface area contributed by atoms with E-state index in [0.29, 0.717) is 23.7 Å². The molecule has 3 rings (SSSR count). The molecular formula is C22H25N2O3+. The predicted octanol–water partition coefficient (Wildman–Crippen LogP) is 3.12. The van der Waals surface area contributed by atoms with Crippen molar-refractivity contribution in [3.05, 3.63) is 66.2 Å². The van der Waals surface area contributed by atoms with Gasteiger partial charge in [-0.3, -0.25) is 4.79 Å². The molecule has 0 aliphatic carbocycles. The van der Waals surface area contributed by atoms with Gasteiger partial charge in [-0.1, -0.05) is 42.5 Å². The summed E-state index contributed by atoms with van der Waals surface area (Å²) in [5.41, 5.74) is 1.83. The highest BCUT2D eigenvalue weighted by molar-refractivity contribution is 5.93. The van der Waals surface area contributed by atoms with Gasteiger partial charge in [0.15, 0.2) is 6.54 Å². The summed E-state index contributed by atoms with van der Waals surface area (Å²) in [6.45, 7) is 2.42. The van der Waals surface area contributed by atoms with Gasteiger partial charge in [-0.05, 0) is 29.8 Å². The first-order valence-electron chi connectivity index (χ1n) is 8.95. The average Bonchev–Trinajstić information content (AvgIpc) is 2.71. The molecule has 5 heteroatoms. The van der Waals surface area contributed by atoms with Gasteiger partial charge in [0.05, 0.1) is 19.9 Å². The Morgan fingerprint density at radius 1 is 1.04 bits per heavy atom. The maximum absolute atomic E-state index is 12.4. The van der Waals surface area contributed by atoms with E-state index in [2.05, 4.69) is 42.6 Å². The van der Waals surface area contributed by atoms with Gasteiger partial charge >= 0.3 is 0 Å². The normalized spacial score (nSPS) is 11.8. The standard InChI is InChI=1S/C22H24N2O3/c1-15(18-10-6-8-16-7-4-5-9-19(16)18)23-14-22(25)24-20-13-17(26-2)11-12-21(20)27-3/h4-13,15,23H,14H2,1-3H3,(H,24,25)/p+1/t15-/m0/s1. The van der Waals surface area contributed by atoms with E-state index in [1.165, 1.54) is 16.3 Å². The van der Waals surface area contributed by atoms with Crippen molar-refractivity contribution in [3.63, 3.8) is 0 Å². The molecule has 140 valence electrons. The van der Waals surface area contributed by atoms with Crippen molar-refractivity contribution in [1.82, 2.24) is 0 Å². The fourth-order valence-corrected chi connectivity index (χ4v) is 3.17. The van der Waals surface area contributed by atoms with Crippen molar-refractivity contribution < 1.29 is 19.6 Å². The van der Waals surface area contributed by atoms with E-state index in [-0.39, 0.29) is 11.9 Å². The van der Waals surface area contributed by atoms with Crippen LogP contribution in [0.2, 0.25) is 0 Å². The number of benzene rings is 3. The molecule has 0 aromatic heterocycles. The van der Waals surface area contributed by atoms with E-state index in [0.717, 1.165) is 0 Å². The number of carbonyl (C=O) groups excluding carboxylic acids is 1. The summed E-state index contributed by atoms with van der Waals surface area (Å²) < 4.78 is 10.5. The number of methoxy groups -OCH3 is 2. The summed E-state index contributed by atoms with van der Waals surface area (Å²) >= 11 is 0. The molecule has 0 aliphatic rings. The first-order valence-corrected chi connectivity index (χ1v) is 8.95. The van der Waals surface area contributed by atoms with Gasteiger partial charge in [0, 0.05) is 11.6 Å². The molecule has 0 radical (unpaired) electrons. The minimum Gasteiger partial charge on any atom is -0.497 e. The van der Waals surface area contributed by atoms with Gasteiger partial charge in [0.1, 0.15) is 17.5 Å². The Hall–Kier alpha value is -3.05. The van der Waals surface area contributed by atoms with Gasteiger partial charge in [0.2, 0.25) is 0 Å². The van der Waals surface area contributed by atoms with Crippen molar-refractivity contribution >= 4 is 22.4 Å². The van der Waals surface area contributed by atoms with E-state index in [9.17, 15) is 4.79 Å². The van der Waals surface area contributed by atoms with Crippen LogP contribution in [0.3, 0.4) is 0 Å². The van der Waals surface area contributed by atoms with Crippen LogP contribution in [0.4, 0.5) is 5.69 Å². The summed E-state index contributed by atoms with van der Waals surface area (Å²) in [6, 6.07) is 20.1. The van der Waals surface area contributed by atoms with Crippen LogP contribution >= 0.6 is 0 Å². The van der Waals surface area contributed by atoms with E-state index in [1.807, 2.05) is 17.4 Å². The Bertz CT molecular complexity index is 934. The molecular weight excluding hydrogens is 340 g/mol.